The molecule has 1 aliphatic rings. The second kappa shape index (κ2) is 7.38. The summed E-state index contributed by atoms with van der Waals surface area (Å²) < 4.78 is 10.4. The summed E-state index contributed by atoms with van der Waals surface area (Å²) in [4.78, 5) is 13.8. The van der Waals surface area contributed by atoms with E-state index in [0.29, 0.717) is 32.9 Å². The van der Waals surface area contributed by atoms with E-state index in [4.69, 9.17) is 9.47 Å². The van der Waals surface area contributed by atoms with Crippen molar-refractivity contribution >= 4 is 5.91 Å². The molecule has 5 heteroatoms. The molecule has 0 radical (unpaired) electrons. The van der Waals surface area contributed by atoms with Gasteiger partial charge in [0.15, 0.2) is 0 Å². The summed E-state index contributed by atoms with van der Waals surface area (Å²) in [5.41, 5.74) is 2.33. The van der Waals surface area contributed by atoms with Crippen LogP contribution in [0.15, 0.2) is 24.3 Å². The van der Waals surface area contributed by atoms with Gasteiger partial charge in [-0.2, -0.15) is 0 Å². The Morgan fingerprint density at radius 1 is 1.30 bits per heavy atom. The summed E-state index contributed by atoms with van der Waals surface area (Å²) in [7, 11) is 1.64. The third kappa shape index (κ3) is 3.56. The van der Waals surface area contributed by atoms with E-state index in [2.05, 4.69) is 24.4 Å². The summed E-state index contributed by atoms with van der Waals surface area (Å²) in [5, 5.41) is 3.26. The van der Waals surface area contributed by atoms with Gasteiger partial charge in [-0.25, -0.2) is 0 Å². The molecule has 0 spiro atoms. The van der Waals surface area contributed by atoms with Crippen molar-refractivity contribution in [2.45, 2.75) is 13.1 Å². The molecule has 0 aromatic heterocycles. The van der Waals surface area contributed by atoms with Crippen molar-refractivity contribution in [3.63, 3.8) is 0 Å². The maximum atomic E-state index is 12.0. The minimum absolute atomic E-state index is 0.0466. The summed E-state index contributed by atoms with van der Waals surface area (Å²) in [5.74, 6) is 0.119. The van der Waals surface area contributed by atoms with Crippen LogP contribution in [0.3, 0.4) is 0 Å². The highest BCUT2D eigenvalue weighted by molar-refractivity contribution is 5.81. The normalized spacial score (nSPS) is 18.8. The summed E-state index contributed by atoms with van der Waals surface area (Å²) in [6.07, 6.45) is -0.0466. The van der Waals surface area contributed by atoms with Crippen LogP contribution in [0.5, 0.6) is 0 Å². The smallest absolute Gasteiger partial charge is 0.238 e. The van der Waals surface area contributed by atoms with Crippen LogP contribution in [-0.2, 0) is 14.3 Å². The number of methoxy groups -OCH3 is 1. The molecule has 1 aromatic rings. The molecule has 1 saturated heterocycles. The van der Waals surface area contributed by atoms with Crippen molar-refractivity contribution in [1.29, 1.82) is 0 Å². The molecule has 110 valence electrons. The van der Waals surface area contributed by atoms with Gasteiger partial charge in [-0.15, -0.1) is 0 Å². The first-order valence-electron chi connectivity index (χ1n) is 6.89. The maximum absolute atomic E-state index is 12.0. The first kappa shape index (κ1) is 15.0. The number of hydrogen-bond donors (Lipinski definition) is 1. The third-order valence-corrected chi connectivity index (χ3v) is 3.47. The molecule has 1 aromatic carbocycles. The molecule has 1 atom stereocenters. The van der Waals surface area contributed by atoms with Crippen molar-refractivity contribution in [3.8, 4) is 0 Å². The van der Waals surface area contributed by atoms with Gasteiger partial charge >= 0.3 is 0 Å². The lowest BCUT2D eigenvalue weighted by molar-refractivity contribution is -0.128. The van der Waals surface area contributed by atoms with Gasteiger partial charge in [0.05, 0.1) is 26.4 Å². The number of aryl methyl sites for hydroxylation is 1. The van der Waals surface area contributed by atoms with Gasteiger partial charge in [0.1, 0.15) is 6.17 Å². The number of rotatable bonds is 7. The molecule has 1 unspecified atom stereocenters. The predicted molar refractivity (Wildman–Crippen MR) is 76.3 cm³/mol. The Morgan fingerprint density at radius 2 is 2.10 bits per heavy atom. The second-order valence-electron chi connectivity index (χ2n) is 4.83. The molecule has 1 aliphatic heterocycles. The quantitative estimate of drug-likeness (QED) is 0.759. The first-order valence-corrected chi connectivity index (χ1v) is 6.89. The average molecular weight is 278 g/mol. The van der Waals surface area contributed by atoms with Gasteiger partial charge in [-0.1, -0.05) is 24.3 Å². The van der Waals surface area contributed by atoms with Crippen LogP contribution in [0, 0.1) is 6.92 Å². The molecule has 1 heterocycles. The van der Waals surface area contributed by atoms with Crippen LogP contribution in [0.1, 0.15) is 17.3 Å². The van der Waals surface area contributed by atoms with Crippen LogP contribution in [-0.4, -0.2) is 50.8 Å². The van der Waals surface area contributed by atoms with Gasteiger partial charge < -0.3 is 14.4 Å². The van der Waals surface area contributed by atoms with E-state index in [9.17, 15) is 4.79 Å². The molecule has 5 nitrogen and oxygen atoms in total. The zero-order valence-electron chi connectivity index (χ0n) is 12.1. The lowest BCUT2D eigenvalue weighted by Gasteiger charge is -2.25. The van der Waals surface area contributed by atoms with E-state index in [1.54, 1.807) is 7.11 Å². The van der Waals surface area contributed by atoms with Crippen molar-refractivity contribution in [2.24, 2.45) is 0 Å². The van der Waals surface area contributed by atoms with Crippen molar-refractivity contribution in [2.75, 3.05) is 40.0 Å². The Labute approximate surface area is 119 Å². The van der Waals surface area contributed by atoms with Crippen molar-refractivity contribution < 1.29 is 14.3 Å². The molecule has 1 amide bonds. The van der Waals surface area contributed by atoms with Gasteiger partial charge in [0, 0.05) is 13.7 Å². The number of hydrogen-bond acceptors (Lipinski definition) is 4. The number of carbonyl (C=O) groups excluding carboxylic acids is 1. The summed E-state index contributed by atoms with van der Waals surface area (Å²) in [6, 6.07) is 8.13. The highest BCUT2D eigenvalue weighted by Crippen LogP contribution is 2.24. The topological polar surface area (TPSA) is 50.8 Å². The Kier molecular flexibility index (Phi) is 5.52. The highest BCUT2D eigenvalue weighted by Gasteiger charge is 2.31. The van der Waals surface area contributed by atoms with E-state index in [0.717, 1.165) is 5.56 Å². The number of benzene rings is 1. The average Bonchev–Trinajstić information content (AvgIpc) is 2.81. The first-order chi connectivity index (χ1) is 9.74. The number of nitrogens with one attached hydrogen (secondary N) is 1. The Hall–Kier alpha value is -1.43. The van der Waals surface area contributed by atoms with Crippen molar-refractivity contribution in [1.82, 2.24) is 10.2 Å². The SMILES string of the molecule is COCCOCCN1C(=O)CNC1c1ccccc1C. The maximum Gasteiger partial charge on any atom is 0.238 e. The molecule has 2 rings (SSSR count). The molecule has 0 saturated carbocycles. The minimum atomic E-state index is -0.0466. The standard InChI is InChI=1S/C15H22N2O3/c1-12-5-3-4-6-13(12)15-16-11-14(18)17(15)7-8-20-10-9-19-2/h3-6,15-16H,7-11H2,1-2H3. The van der Waals surface area contributed by atoms with E-state index in [1.165, 1.54) is 5.56 Å². The van der Waals surface area contributed by atoms with Gasteiger partial charge in [-0.05, 0) is 18.1 Å². The van der Waals surface area contributed by atoms with Crippen LogP contribution < -0.4 is 5.32 Å². The fourth-order valence-electron chi connectivity index (χ4n) is 2.37. The molecule has 0 bridgehead atoms. The Morgan fingerprint density at radius 3 is 2.85 bits per heavy atom. The number of amides is 1. The molecular weight excluding hydrogens is 256 g/mol. The molecule has 0 aliphatic carbocycles. The van der Waals surface area contributed by atoms with E-state index in [-0.39, 0.29) is 12.1 Å². The minimum Gasteiger partial charge on any atom is -0.382 e. The van der Waals surface area contributed by atoms with Gasteiger partial charge in [-0.3, -0.25) is 10.1 Å². The third-order valence-electron chi connectivity index (χ3n) is 3.47. The lowest BCUT2D eigenvalue weighted by atomic mass is 10.1. The monoisotopic (exact) mass is 278 g/mol. The Bertz CT molecular complexity index is 450. The van der Waals surface area contributed by atoms with E-state index in [1.807, 2.05) is 17.0 Å². The zero-order chi connectivity index (χ0) is 14.4. The lowest BCUT2D eigenvalue weighted by Crippen LogP contribution is -2.33. The van der Waals surface area contributed by atoms with E-state index < -0.39 is 0 Å². The van der Waals surface area contributed by atoms with E-state index >= 15 is 0 Å². The van der Waals surface area contributed by atoms with Gasteiger partial charge in [0.2, 0.25) is 5.91 Å². The van der Waals surface area contributed by atoms with Crippen LogP contribution in [0.2, 0.25) is 0 Å². The number of carbonyl (C=O) groups is 1. The largest absolute Gasteiger partial charge is 0.382 e. The number of ether oxygens (including phenoxy) is 2. The fraction of sp³-hybridized carbons (Fsp3) is 0.533. The van der Waals surface area contributed by atoms with Crippen LogP contribution >= 0.6 is 0 Å². The molecular formula is C15H22N2O3. The molecule has 1 N–H and O–H groups in total. The molecule has 20 heavy (non-hydrogen) atoms. The summed E-state index contributed by atoms with van der Waals surface area (Å²) >= 11 is 0. The highest BCUT2D eigenvalue weighted by atomic mass is 16.5. The second-order valence-corrected chi connectivity index (χ2v) is 4.83. The summed E-state index contributed by atoms with van der Waals surface area (Å²) in [6.45, 7) is 4.70. The van der Waals surface area contributed by atoms with Gasteiger partial charge in [0.25, 0.3) is 0 Å². The molecule has 1 fully saturated rings. The zero-order valence-corrected chi connectivity index (χ0v) is 12.1. The Balaban J connectivity index is 1.95. The van der Waals surface area contributed by atoms with Crippen LogP contribution in [0.25, 0.3) is 0 Å². The number of nitrogens with zero attached hydrogens (tertiary/aromatic N) is 1. The van der Waals surface area contributed by atoms with Crippen LogP contribution in [0.4, 0.5) is 0 Å². The fourth-order valence-corrected chi connectivity index (χ4v) is 2.37. The predicted octanol–water partition coefficient (Wildman–Crippen LogP) is 1.09. The van der Waals surface area contributed by atoms with Crippen molar-refractivity contribution in [3.05, 3.63) is 35.4 Å².